The van der Waals surface area contributed by atoms with Gasteiger partial charge in [-0.25, -0.2) is 4.79 Å². The van der Waals surface area contributed by atoms with E-state index in [9.17, 15) is 4.79 Å². The van der Waals surface area contributed by atoms with Gasteiger partial charge in [0.25, 0.3) is 0 Å². The highest BCUT2D eigenvalue weighted by Crippen LogP contribution is 2.23. The number of benzene rings is 2. The number of carbonyl (C=O) groups excluding carboxylic acids is 1. The largest absolute Gasteiger partial charge is 0.457 e. The SMILES string of the molecule is Cc1cc(C)c(C(=O)OCc2ccc(Cl)cc2Cl)cc1N. The summed E-state index contributed by atoms with van der Waals surface area (Å²) in [5.41, 5.74) is 9.32. The van der Waals surface area contributed by atoms with E-state index in [0.29, 0.717) is 26.9 Å². The molecule has 0 aromatic heterocycles. The number of hydrogen-bond acceptors (Lipinski definition) is 3. The summed E-state index contributed by atoms with van der Waals surface area (Å²) in [6, 6.07) is 8.54. The van der Waals surface area contributed by atoms with Crippen LogP contribution < -0.4 is 5.73 Å². The summed E-state index contributed by atoms with van der Waals surface area (Å²) >= 11 is 11.9. The molecule has 0 saturated heterocycles. The monoisotopic (exact) mass is 323 g/mol. The predicted octanol–water partition coefficient (Wildman–Crippen LogP) is 4.55. The van der Waals surface area contributed by atoms with Crippen LogP contribution in [-0.4, -0.2) is 5.97 Å². The Labute approximate surface area is 133 Å². The molecule has 0 heterocycles. The average Bonchev–Trinajstić information content (AvgIpc) is 2.41. The van der Waals surface area contributed by atoms with Gasteiger partial charge in [0.15, 0.2) is 0 Å². The van der Waals surface area contributed by atoms with Crippen molar-refractivity contribution in [1.29, 1.82) is 0 Å². The Morgan fingerprint density at radius 2 is 1.86 bits per heavy atom. The van der Waals surface area contributed by atoms with E-state index < -0.39 is 5.97 Å². The maximum absolute atomic E-state index is 12.1. The molecule has 0 amide bonds. The standard InChI is InChI=1S/C16H15Cl2NO2/c1-9-5-10(2)15(19)7-13(9)16(20)21-8-11-3-4-12(17)6-14(11)18/h3-7H,8,19H2,1-2H3. The fraction of sp³-hybridized carbons (Fsp3) is 0.188. The molecule has 5 heteroatoms. The quantitative estimate of drug-likeness (QED) is 0.666. The van der Waals surface area contributed by atoms with Crippen LogP contribution in [0.1, 0.15) is 27.0 Å². The van der Waals surface area contributed by atoms with E-state index in [4.69, 9.17) is 33.7 Å². The second-order valence-corrected chi connectivity index (χ2v) is 5.68. The average molecular weight is 324 g/mol. The fourth-order valence-electron chi connectivity index (χ4n) is 1.95. The van der Waals surface area contributed by atoms with Gasteiger partial charge in [-0.05, 0) is 43.2 Å². The number of carbonyl (C=O) groups is 1. The minimum Gasteiger partial charge on any atom is -0.457 e. The minimum absolute atomic E-state index is 0.0854. The van der Waals surface area contributed by atoms with Gasteiger partial charge in [0, 0.05) is 21.3 Å². The maximum Gasteiger partial charge on any atom is 0.338 e. The minimum atomic E-state index is -0.426. The summed E-state index contributed by atoms with van der Waals surface area (Å²) in [7, 11) is 0. The van der Waals surface area contributed by atoms with E-state index >= 15 is 0 Å². The summed E-state index contributed by atoms with van der Waals surface area (Å²) in [5.74, 6) is -0.426. The maximum atomic E-state index is 12.1. The molecule has 0 spiro atoms. The van der Waals surface area contributed by atoms with Gasteiger partial charge in [0.05, 0.1) is 5.56 Å². The van der Waals surface area contributed by atoms with Crippen molar-refractivity contribution >= 4 is 34.9 Å². The molecule has 2 aromatic rings. The Hall–Kier alpha value is -1.71. The molecule has 0 fully saturated rings. The Balaban J connectivity index is 2.13. The van der Waals surface area contributed by atoms with Crippen molar-refractivity contribution < 1.29 is 9.53 Å². The van der Waals surface area contributed by atoms with Crippen molar-refractivity contribution in [3.8, 4) is 0 Å². The molecule has 2 aromatic carbocycles. The van der Waals surface area contributed by atoms with E-state index in [-0.39, 0.29) is 6.61 Å². The number of rotatable bonds is 3. The third-order valence-electron chi connectivity index (χ3n) is 3.21. The lowest BCUT2D eigenvalue weighted by atomic mass is 10.0. The van der Waals surface area contributed by atoms with Gasteiger partial charge < -0.3 is 10.5 Å². The number of aryl methyl sites for hydroxylation is 2. The first-order chi connectivity index (χ1) is 9.88. The zero-order chi connectivity index (χ0) is 15.6. The Bertz CT molecular complexity index is 699. The van der Waals surface area contributed by atoms with Gasteiger partial charge in [-0.1, -0.05) is 35.3 Å². The van der Waals surface area contributed by atoms with E-state index in [1.807, 2.05) is 19.9 Å². The van der Waals surface area contributed by atoms with Crippen LogP contribution in [0, 0.1) is 13.8 Å². The molecular weight excluding hydrogens is 309 g/mol. The lowest BCUT2D eigenvalue weighted by Gasteiger charge is -2.10. The van der Waals surface area contributed by atoms with Crippen molar-refractivity contribution in [2.45, 2.75) is 20.5 Å². The number of nitrogens with two attached hydrogens (primary N) is 1. The highest BCUT2D eigenvalue weighted by atomic mass is 35.5. The van der Waals surface area contributed by atoms with Gasteiger partial charge in [-0.15, -0.1) is 0 Å². The van der Waals surface area contributed by atoms with Gasteiger partial charge in [-0.2, -0.15) is 0 Å². The molecule has 3 nitrogen and oxygen atoms in total. The van der Waals surface area contributed by atoms with E-state index in [2.05, 4.69) is 0 Å². The Kier molecular flexibility index (Phi) is 4.76. The van der Waals surface area contributed by atoms with Crippen molar-refractivity contribution in [1.82, 2.24) is 0 Å². The lowest BCUT2D eigenvalue weighted by molar-refractivity contribution is 0.0472. The number of esters is 1. The first-order valence-electron chi connectivity index (χ1n) is 6.36. The molecule has 2 N–H and O–H groups in total. The van der Waals surface area contributed by atoms with Crippen LogP contribution in [0.5, 0.6) is 0 Å². The smallest absolute Gasteiger partial charge is 0.338 e. The molecule has 21 heavy (non-hydrogen) atoms. The third-order valence-corrected chi connectivity index (χ3v) is 3.79. The van der Waals surface area contributed by atoms with Crippen molar-refractivity contribution in [3.05, 3.63) is 62.6 Å². The molecule has 0 aliphatic heterocycles. The van der Waals surface area contributed by atoms with Crippen LogP contribution >= 0.6 is 23.2 Å². The first kappa shape index (κ1) is 15.7. The summed E-state index contributed by atoms with van der Waals surface area (Å²) in [5, 5.41) is 1.01. The highest BCUT2D eigenvalue weighted by Gasteiger charge is 2.13. The molecule has 110 valence electrons. The summed E-state index contributed by atoms with van der Waals surface area (Å²) < 4.78 is 5.29. The van der Waals surface area contributed by atoms with Gasteiger partial charge in [0.1, 0.15) is 6.61 Å². The molecule has 2 rings (SSSR count). The van der Waals surface area contributed by atoms with Gasteiger partial charge >= 0.3 is 5.97 Å². The zero-order valence-corrected chi connectivity index (χ0v) is 13.3. The molecule has 0 unspecified atom stereocenters. The van der Waals surface area contributed by atoms with Gasteiger partial charge in [-0.3, -0.25) is 0 Å². The normalized spacial score (nSPS) is 10.5. The summed E-state index contributed by atoms with van der Waals surface area (Å²) in [4.78, 5) is 12.1. The predicted molar refractivity (Wildman–Crippen MR) is 85.9 cm³/mol. The van der Waals surface area contributed by atoms with Crippen LogP contribution in [0.3, 0.4) is 0 Å². The van der Waals surface area contributed by atoms with Gasteiger partial charge in [0.2, 0.25) is 0 Å². The highest BCUT2D eigenvalue weighted by molar-refractivity contribution is 6.35. The van der Waals surface area contributed by atoms with Crippen molar-refractivity contribution in [3.63, 3.8) is 0 Å². The second-order valence-electron chi connectivity index (χ2n) is 4.84. The van der Waals surface area contributed by atoms with Crippen LogP contribution in [0.25, 0.3) is 0 Å². The molecular formula is C16H15Cl2NO2. The first-order valence-corrected chi connectivity index (χ1v) is 7.12. The zero-order valence-electron chi connectivity index (χ0n) is 11.7. The lowest BCUT2D eigenvalue weighted by Crippen LogP contribution is -2.08. The van der Waals surface area contributed by atoms with Crippen molar-refractivity contribution in [2.75, 3.05) is 5.73 Å². The molecule has 0 atom stereocenters. The van der Waals surface area contributed by atoms with Crippen LogP contribution in [0.4, 0.5) is 5.69 Å². The number of ether oxygens (including phenoxy) is 1. The number of nitrogen functional groups attached to an aromatic ring is 1. The van der Waals surface area contributed by atoms with E-state index in [0.717, 1.165) is 11.1 Å². The molecule has 0 radical (unpaired) electrons. The van der Waals surface area contributed by atoms with E-state index in [1.165, 1.54) is 0 Å². The molecule has 0 aliphatic rings. The molecule has 0 aliphatic carbocycles. The Morgan fingerprint density at radius 3 is 2.52 bits per heavy atom. The van der Waals surface area contributed by atoms with E-state index in [1.54, 1.807) is 24.3 Å². The van der Waals surface area contributed by atoms with Crippen LogP contribution in [-0.2, 0) is 11.3 Å². The second kappa shape index (κ2) is 6.37. The topological polar surface area (TPSA) is 52.3 Å². The summed E-state index contributed by atoms with van der Waals surface area (Å²) in [6.45, 7) is 3.82. The van der Waals surface area contributed by atoms with Crippen LogP contribution in [0.15, 0.2) is 30.3 Å². The Morgan fingerprint density at radius 1 is 1.14 bits per heavy atom. The number of halogens is 2. The third kappa shape index (κ3) is 3.69. The molecule has 0 saturated carbocycles. The number of hydrogen-bond donors (Lipinski definition) is 1. The van der Waals surface area contributed by atoms with Crippen LogP contribution in [0.2, 0.25) is 10.0 Å². The summed E-state index contributed by atoms with van der Waals surface area (Å²) in [6.07, 6.45) is 0. The number of anilines is 1. The van der Waals surface area contributed by atoms with Crippen molar-refractivity contribution in [2.24, 2.45) is 0 Å². The fourth-order valence-corrected chi connectivity index (χ4v) is 2.41. The molecule has 0 bridgehead atoms.